The zero-order valence-corrected chi connectivity index (χ0v) is 12.6. The number of anilines is 2. The molecule has 0 radical (unpaired) electrons. The van der Waals surface area contributed by atoms with Crippen molar-refractivity contribution in [2.45, 2.75) is 19.9 Å². The average molecular weight is 286 g/mol. The van der Waals surface area contributed by atoms with Gasteiger partial charge >= 0.3 is 0 Å². The summed E-state index contributed by atoms with van der Waals surface area (Å²) in [6.07, 6.45) is 2.71. The van der Waals surface area contributed by atoms with E-state index in [9.17, 15) is 0 Å². The number of nitrogens with one attached hydrogen (secondary N) is 2. The van der Waals surface area contributed by atoms with Gasteiger partial charge in [0.15, 0.2) is 0 Å². The highest BCUT2D eigenvalue weighted by Crippen LogP contribution is 2.09. The maximum absolute atomic E-state index is 5.02. The van der Waals surface area contributed by atoms with Crippen molar-refractivity contribution in [2.24, 2.45) is 0 Å². The summed E-state index contributed by atoms with van der Waals surface area (Å²) in [6.45, 7) is 4.39. The molecule has 0 aliphatic rings. The normalized spacial score (nSPS) is 10.4. The molecule has 1 aromatic carbocycles. The number of aromatic nitrogens is 2. The molecule has 0 atom stereocenters. The van der Waals surface area contributed by atoms with E-state index in [4.69, 9.17) is 4.74 Å². The van der Waals surface area contributed by atoms with Crippen LogP contribution in [0.1, 0.15) is 17.5 Å². The first-order valence-corrected chi connectivity index (χ1v) is 7.13. The molecule has 0 aliphatic heterocycles. The Morgan fingerprint density at radius 2 is 2.10 bits per heavy atom. The minimum atomic E-state index is 0.633. The maximum Gasteiger partial charge on any atom is 0.224 e. The second kappa shape index (κ2) is 8.21. The van der Waals surface area contributed by atoms with Crippen molar-refractivity contribution < 1.29 is 4.74 Å². The average Bonchev–Trinajstić information content (AvgIpc) is 2.50. The van der Waals surface area contributed by atoms with Gasteiger partial charge in [-0.25, -0.2) is 4.98 Å². The van der Waals surface area contributed by atoms with Crippen molar-refractivity contribution in [3.8, 4) is 0 Å². The van der Waals surface area contributed by atoms with Gasteiger partial charge in [-0.05, 0) is 25.0 Å². The van der Waals surface area contributed by atoms with Crippen LogP contribution in [-0.4, -0.2) is 30.2 Å². The van der Waals surface area contributed by atoms with Crippen LogP contribution in [-0.2, 0) is 11.3 Å². The molecule has 0 aliphatic carbocycles. The van der Waals surface area contributed by atoms with Gasteiger partial charge < -0.3 is 15.4 Å². The van der Waals surface area contributed by atoms with Crippen LogP contribution in [0.3, 0.4) is 0 Å². The molecule has 0 saturated heterocycles. The van der Waals surface area contributed by atoms with Crippen molar-refractivity contribution in [1.29, 1.82) is 0 Å². The molecule has 5 heteroatoms. The zero-order valence-electron chi connectivity index (χ0n) is 12.6. The molecular formula is C16H22N4O. The predicted molar refractivity (Wildman–Crippen MR) is 85.5 cm³/mol. The summed E-state index contributed by atoms with van der Waals surface area (Å²) >= 11 is 0. The van der Waals surface area contributed by atoms with Gasteiger partial charge in [-0.3, -0.25) is 0 Å². The topological polar surface area (TPSA) is 59.1 Å². The third kappa shape index (κ3) is 5.39. The first-order valence-electron chi connectivity index (χ1n) is 7.13. The van der Waals surface area contributed by atoms with Gasteiger partial charge in [0.2, 0.25) is 5.95 Å². The standard InChI is InChI=1S/C16H22N4O/c1-13-5-3-6-14(11-13)12-19-16-18-9-7-15(20-16)17-8-4-10-21-2/h3,5-7,9,11H,4,8,10,12H2,1-2H3,(H2,17,18,19,20). The molecule has 0 saturated carbocycles. The van der Waals surface area contributed by atoms with Crippen LogP contribution in [0.2, 0.25) is 0 Å². The molecular weight excluding hydrogens is 264 g/mol. The largest absolute Gasteiger partial charge is 0.385 e. The predicted octanol–water partition coefficient (Wildman–Crippen LogP) is 2.85. The van der Waals surface area contributed by atoms with Crippen molar-refractivity contribution in [3.63, 3.8) is 0 Å². The summed E-state index contributed by atoms with van der Waals surface area (Å²) < 4.78 is 5.02. The summed E-state index contributed by atoms with van der Waals surface area (Å²) in [4.78, 5) is 8.67. The van der Waals surface area contributed by atoms with E-state index in [2.05, 4.69) is 51.8 Å². The zero-order chi connectivity index (χ0) is 14.9. The van der Waals surface area contributed by atoms with E-state index in [-0.39, 0.29) is 0 Å². The monoisotopic (exact) mass is 286 g/mol. The molecule has 2 aromatic rings. The highest BCUT2D eigenvalue weighted by atomic mass is 16.5. The summed E-state index contributed by atoms with van der Waals surface area (Å²) in [6, 6.07) is 10.3. The fraction of sp³-hybridized carbons (Fsp3) is 0.375. The van der Waals surface area contributed by atoms with Crippen molar-refractivity contribution in [2.75, 3.05) is 30.9 Å². The number of ether oxygens (including phenoxy) is 1. The molecule has 1 heterocycles. The lowest BCUT2D eigenvalue weighted by Crippen LogP contribution is -2.08. The quantitative estimate of drug-likeness (QED) is 0.731. The van der Waals surface area contributed by atoms with Crippen molar-refractivity contribution >= 4 is 11.8 Å². The Balaban J connectivity index is 1.86. The molecule has 0 unspecified atom stereocenters. The van der Waals surface area contributed by atoms with Crippen LogP contribution in [0, 0.1) is 6.92 Å². The van der Waals surface area contributed by atoms with Gasteiger partial charge in [0.05, 0.1) is 0 Å². The van der Waals surface area contributed by atoms with Gasteiger partial charge in [-0.15, -0.1) is 0 Å². The Labute approximate surface area is 125 Å². The first kappa shape index (κ1) is 15.3. The molecule has 0 amide bonds. The fourth-order valence-electron chi connectivity index (χ4n) is 1.98. The Bertz CT molecular complexity index is 559. The van der Waals surface area contributed by atoms with Gasteiger partial charge in [-0.1, -0.05) is 29.8 Å². The molecule has 112 valence electrons. The maximum atomic E-state index is 5.02. The lowest BCUT2D eigenvalue weighted by atomic mass is 10.1. The van der Waals surface area contributed by atoms with Crippen LogP contribution in [0.4, 0.5) is 11.8 Å². The number of nitrogens with zero attached hydrogens (tertiary/aromatic N) is 2. The van der Waals surface area contributed by atoms with E-state index < -0.39 is 0 Å². The summed E-state index contributed by atoms with van der Waals surface area (Å²) in [5, 5.41) is 6.50. The molecule has 0 spiro atoms. The number of rotatable bonds is 8. The highest BCUT2D eigenvalue weighted by molar-refractivity contribution is 5.40. The van der Waals surface area contributed by atoms with Crippen LogP contribution < -0.4 is 10.6 Å². The van der Waals surface area contributed by atoms with E-state index >= 15 is 0 Å². The molecule has 21 heavy (non-hydrogen) atoms. The molecule has 0 bridgehead atoms. The second-order valence-corrected chi connectivity index (χ2v) is 4.88. The van der Waals surface area contributed by atoms with E-state index in [0.29, 0.717) is 5.95 Å². The minimum Gasteiger partial charge on any atom is -0.385 e. The lowest BCUT2D eigenvalue weighted by Gasteiger charge is -2.08. The first-order chi connectivity index (χ1) is 10.3. The SMILES string of the molecule is COCCCNc1ccnc(NCc2cccc(C)c2)n1. The van der Waals surface area contributed by atoms with Gasteiger partial charge in [0, 0.05) is 33.0 Å². The van der Waals surface area contributed by atoms with Gasteiger partial charge in [0.1, 0.15) is 5.82 Å². The number of methoxy groups -OCH3 is 1. The fourth-order valence-corrected chi connectivity index (χ4v) is 1.98. The molecule has 1 aromatic heterocycles. The van der Waals surface area contributed by atoms with Gasteiger partial charge in [0.25, 0.3) is 0 Å². The van der Waals surface area contributed by atoms with Crippen LogP contribution in [0.25, 0.3) is 0 Å². The van der Waals surface area contributed by atoms with Crippen LogP contribution in [0.15, 0.2) is 36.5 Å². The summed E-state index contributed by atoms with van der Waals surface area (Å²) in [5.74, 6) is 1.46. The molecule has 5 nitrogen and oxygen atoms in total. The molecule has 0 fully saturated rings. The van der Waals surface area contributed by atoms with Crippen molar-refractivity contribution in [1.82, 2.24) is 9.97 Å². The van der Waals surface area contributed by atoms with Crippen molar-refractivity contribution in [3.05, 3.63) is 47.7 Å². The third-order valence-corrected chi connectivity index (χ3v) is 3.02. The van der Waals surface area contributed by atoms with E-state index in [1.54, 1.807) is 13.3 Å². The number of hydrogen-bond acceptors (Lipinski definition) is 5. The second-order valence-electron chi connectivity index (χ2n) is 4.88. The lowest BCUT2D eigenvalue weighted by molar-refractivity contribution is 0.198. The Morgan fingerprint density at radius 3 is 2.90 bits per heavy atom. The third-order valence-electron chi connectivity index (χ3n) is 3.02. The Hall–Kier alpha value is -2.14. The Kier molecular flexibility index (Phi) is 5.97. The van der Waals surface area contributed by atoms with E-state index in [1.165, 1.54) is 11.1 Å². The van der Waals surface area contributed by atoms with Crippen LogP contribution >= 0.6 is 0 Å². The van der Waals surface area contributed by atoms with Crippen LogP contribution in [0.5, 0.6) is 0 Å². The summed E-state index contributed by atoms with van der Waals surface area (Å²) in [7, 11) is 1.71. The molecule has 2 rings (SSSR count). The number of benzene rings is 1. The number of hydrogen-bond donors (Lipinski definition) is 2. The Morgan fingerprint density at radius 1 is 1.19 bits per heavy atom. The van der Waals surface area contributed by atoms with E-state index in [1.807, 2.05) is 6.07 Å². The molecule has 2 N–H and O–H groups in total. The van der Waals surface area contributed by atoms with Gasteiger partial charge in [-0.2, -0.15) is 4.98 Å². The van der Waals surface area contributed by atoms with E-state index in [0.717, 1.165) is 31.9 Å². The summed E-state index contributed by atoms with van der Waals surface area (Å²) in [5.41, 5.74) is 2.47. The smallest absolute Gasteiger partial charge is 0.224 e. The minimum absolute atomic E-state index is 0.633. The number of aryl methyl sites for hydroxylation is 1. The highest BCUT2D eigenvalue weighted by Gasteiger charge is 1.99.